The molecule has 0 heterocycles. The van der Waals surface area contributed by atoms with Crippen LogP contribution in [0.3, 0.4) is 0 Å². The molecule has 1 aromatic carbocycles. The summed E-state index contributed by atoms with van der Waals surface area (Å²) in [4.78, 5) is 2.34. The van der Waals surface area contributed by atoms with E-state index in [1.165, 1.54) is 24.1 Å². The molecule has 0 radical (unpaired) electrons. The van der Waals surface area contributed by atoms with Crippen molar-refractivity contribution in [2.24, 2.45) is 11.7 Å². The lowest BCUT2D eigenvalue weighted by atomic mass is 10.0. The predicted molar refractivity (Wildman–Crippen MR) is 76.5 cm³/mol. The average Bonchev–Trinajstić information content (AvgIpc) is 2.29. The molecule has 96 valence electrons. The van der Waals surface area contributed by atoms with Crippen LogP contribution in [0.15, 0.2) is 24.3 Å². The Kier molecular flexibility index (Phi) is 6.06. The van der Waals surface area contributed by atoms with Crippen LogP contribution in [-0.2, 0) is 0 Å². The minimum Gasteiger partial charge on any atom is -0.375 e. The van der Waals surface area contributed by atoms with Crippen molar-refractivity contribution in [3.63, 3.8) is 0 Å². The van der Waals surface area contributed by atoms with Crippen molar-refractivity contribution in [2.45, 2.75) is 33.1 Å². The minimum atomic E-state index is 0.755. The van der Waals surface area contributed by atoms with Gasteiger partial charge in [0.15, 0.2) is 0 Å². The number of nitrogens with two attached hydrogens (primary N) is 1. The van der Waals surface area contributed by atoms with E-state index in [9.17, 15) is 0 Å². The number of rotatable bonds is 7. The molecule has 0 amide bonds. The molecule has 1 aromatic rings. The van der Waals surface area contributed by atoms with Crippen molar-refractivity contribution in [1.82, 2.24) is 0 Å². The van der Waals surface area contributed by atoms with E-state index in [1.54, 1.807) is 0 Å². The summed E-state index contributed by atoms with van der Waals surface area (Å²) in [5.41, 5.74) is 8.20. The highest BCUT2D eigenvalue weighted by molar-refractivity contribution is 5.47. The standard InChI is InChI=1S/C15H26N2/c1-13(9-10-16)7-5-11-17(3)15-8-4-6-14(2)12-15/h4,6,8,12-13H,5,7,9-11,16H2,1-3H3. The van der Waals surface area contributed by atoms with Gasteiger partial charge in [-0.15, -0.1) is 0 Å². The zero-order valence-electron chi connectivity index (χ0n) is 11.4. The van der Waals surface area contributed by atoms with E-state index in [0.717, 1.165) is 25.4 Å². The van der Waals surface area contributed by atoms with Crippen molar-refractivity contribution >= 4 is 5.69 Å². The molecule has 0 spiro atoms. The van der Waals surface area contributed by atoms with Gasteiger partial charge in [-0.3, -0.25) is 0 Å². The molecule has 0 aromatic heterocycles. The summed E-state index contributed by atoms with van der Waals surface area (Å²) in [6.45, 7) is 6.37. The van der Waals surface area contributed by atoms with Gasteiger partial charge >= 0.3 is 0 Å². The van der Waals surface area contributed by atoms with Crippen LogP contribution in [0.2, 0.25) is 0 Å². The SMILES string of the molecule is Cc1cccc(N(C)CCCC(C)CCN)c1. The Bertz CT molecular complexity index is 322. The summed E-state index contributed by atoms with van der Waals surface area (Å²) in [7, 11) is 2.17. The largest absolute Gasteiger partial charge is 0.375 e. The van der Waals surface area contributed by atoms with Gasteiger partial charge in [-0.2, -0.15) is 0 Å². The van der Waals surface area contributed by atoms with Gasteiger partial charge in [-0.05, 0) is 56.3 Å². The Labute approximate surface area is 106 Å². The maximum atomic E-state index is 5.56. The van der Waals surface area contributed by atoms with Crippen LogP contribution in [0.5, 0.6) is 0 Å². The summed E-state index contributed by atoms with van der Waals surface area (Å²) < 4.78 is 0. The molecule has 0 saturated heterocycles. The van der Waals surface area contributed by atoms with E-state index in [-0.39, 0.29) is 0 Å². The Hall–Kier alpha value is -1.02. The van der Waals surface area contributed by atoms with Crippen molar-refractivity contribution in [2.75, 3.05) is 25.0 Å². The van der Waals surface area contributed by atoms with Gasteiger partial charge in [0.25, 0.3) is 0 Å². The van der Waals surface area contributed by atoms with Crippen molar-refractivity contribution in [3.8, 4) is 0 Å². The summed E-state index contributed by atoms with van der Waals surface area (Å²) in [6, 6.07) is 8.68. The van der Waals surface area contributed by atoms with E-state index in [2.05, 4.69) is 50.1 Å². The van der Waals surface area contributed by atoms with E-state index in [4.69, 9.17) is 5.73 Å². The second-order valence-electron chi connectivity index (χ2n) is 5.09. The molecule has 0 bridgehead atoms. The molecule has 0 aliphatic heterocycles. The molecular formula is C15H26N2. The zero-order valence-corrected chi connectivity index (χ0v) is 11.4. The molecule has 0 aliphatic rings. The van der Waals surface area contributed by atoms with Crippen LogP contribution in [0, 0.1) is 12.8 Å². The summed E-state index contributed by atoms with van der Waals surface area (Å²) in [5, 5.41) is 0. The fourth-order valence-electron chi connectivity index (χ4n) is 2.10. The number of anilines is 1. The van der Waals surface area contributed by atoms with Gasteiger partial charge in [-0.1, -0.05) is 19.1 Å². The lowest BCUT2D eigenvalue weighted by molar-refractivity contribution is 0.482. The fraction of sp³-hybridized carbons (Fsp3) is 0.600. The molecular weight excluding hydrogens is 208 g/mol. The number of aryl methyl sites for hydroxylation is 1. The third-order valence-electron chi connectivity index (χ3n) is 3.29. The van der Waals surface area contributed by atoms with Gasteiger partial charge in [-0.25, -0.2) is 0 Å². The summed E-state index contributed by atoms with van der Waals surface area (Å²) in [5.74, 6) is 0.755. The molecule has 17 heavy (non-hydrogen) atoms. The first kappa shape index (κ1) is 14.0. The van der Waals surface area contributed by atoms with Crippen molar-refractivity contribution in [3.05, 3.63) is 29.8 Å². The summed E-state index contributed by atoms with van der Waals surface area (Å²) >= 11 is 0. The van der Waals surface area contributed by atoms with E-state index in [0.29, 0.717) is 0 Å². The lowest BCUT2D eigenvalue weighted by Crippen LogP contribution is -2.19. The fourth-order valence-corrected chi connectivity index (χ4v) is 2.10. The first-order valence-electron chi connectivity index (χ1n) is 6.61. The van der Waals surface area contributed by atoms with E-state index >= 15 is 0 Å². The second kappa shape index (κ2) is 7.33. The van der Waals surface area contributed by atoms with Crippen LogP contribution in [0.4, 0.5) is 5.69 Å². The molecule has 1 rings (SSSR count). The first-order valence-corrected chi connectivity index (χ1v) is 6.61. The third-order valence-corrected chi connectivity index (χ3v) is 3.29. The third kappa shape index (κ3) is 5.22. The molecule has 1 unspecified atom stereocenters. The Morgan fingerprint density at radius 1 is 1.29 bits per heavy atom. The highest BCUT2D eigenvalue weighted by Gasteiger charge is 2.03. The number of benzene rings is 1. The van der Waals surface area contributed by atoms with Gasteiger partial charge in [0.05, 0.1) is 0 Å². The smallest absolute Gasteiger partial charge is 0.0366 e. The predicted octanol–water partition coefficient (Wildman–Crippen LogP) is 3.20. The van der Waals surface area contributed by atoms with Crippen LogP contribution in [0.1, 0.15) is 31.7 Å². The van der Waals surface area contributed by atoms with Gasteiger partial charge in [0.1, 0.15) is 0 Å². The van der Waals surface area contributed by atoms with Crippen LogP contribution >= 0.6 is 0 Å². The van der Waals surface area contributed by atoms with E-state index in [1.807, 2.05) is 0 Å². The van der Waals surface area contributed by atoms with Crippen molar-refractivity contribution < 1.29 is 0 Å². The average molecular weight is 234 g/mol. The molecule has 1 atom stereocenters. The summed E-state index contributed by atoms with van der Waals surface area (Å²) in [6.07, 6.45) is 3.66. The van der Waals surface area contributed by atoms with Crippen LogP contribution in [-0.4, -0.2) is 20.1 Å². The number of hydrogen-bond acceptors (Lipinski definition) is 2. The monoisotopic (exact) mass is 234 g/mol. The first-order chi connectivity index (χ1) is 8.13. The van der Waals surface area contributed by atoms with E-state index < -0.39 is 0 Å². The topological polar surface area (TPSA) is 29.3 Å². The maximum Gasteiger partial charge on any atom is 0.0366 e. The maximum absolute atomic E-state index is 5.56. The van der Waals surface area contributed by atoms with Gasteiger partial charge in [0.2, 0.25) is 0 Å². The Morgan fingerprint density at radius 3 is 2.71 bits per heavy atom. The molecule has 2 heteroatoms. The van der Waals surface area contributed by atoms with Crippen molar-refractivity contribution in [1.29, 1.82) is 0 Å². The molecule has 0 fully saturated rings. The second-order valence-corrected chi connectivity index (χ2v) is 5.09. The molecule has 0 aliphatic carbocycles. The lowest BCUT2D eigenvalue weighted by Gasteiger charge is -2.20. The van der Waals surface area contributed by atoms with Gasteiger partial charge in [0, 0.05) is 19.3 Å². The highest BCUT2D eigenvalue weighted by atomic mass is 15.1. The Balaban J connectivity index is 2.32. The highest BCUT2D eigenvalue weighted by Crippen LogP contribution is 2.16. The number of hydrogen-bond donors (Lipinski definition) is 1. The minimum absolute atomic E-state index is 0.755. The molecule has 2 nitrogen and oxygen atoms in total. The van der Waals surface area contributed by atoms with Crippen LogP contribution < -0.4 is 10.6 Å². The number of nitrogens with zero attached hydrogens (tertiary/aromatic N) is 1. The Morgan fingerprint density at radius 2 is 2.06 bits per heavy atom. The quantitative estimate of drug-likeness (QED) is 0.785. The normalized spacial score (nSPS) is 12.5. The zero-order chi connectivity index (χ0) is 12.7. The molecule has 2 N–H and O–H groups in total. The van der Waals surface area contributed by atoms with Gasteiger partial charge < -0.3 is 10.6 Å². The van der Waals surface area contributed by atoms with Crippen LogP contribution in [0.25, 0.3) is 0 Å². The molecule has 0 saturated carbocycles.